The van der Waals surface area contributed by atoms with Gasteiger partial charge in [0.15, 0.2) is 0 Å². The fourth-order valence-electron chi connectivity index (χ4n) is 1.63. The zero-order valence-electron chi connectivity index (χ0n) is 12.4. The predicted molar refractivity (Wildman–Crippen MR) is 76.3 cm³/mol. The number of nitrogens with two attached hydrogens (primary N) is 1. The molecule has 0 aliphatic heterocycles. The van der Waals surface area contributed by atoms with Gasteiger partial charge in [0, 0.05) is 0 Å². The third-order valence-corrected chi connectivity index (χ3v) is 2.72. The number of hydrogen-bond donors (Lipinski definition) is 1. The van der Waals surface area contributed by atoms with E-state index in [-0.39, 0.29) is 5.97 Å². The van der Waals surface area contributed by atoms with E-state index in [4.69, 9.17) is 10.5 Å². The molecule has 18 heavy (non-hydrogen) atoms. The maximum atomic E-state index is 11.9. The molecular formula is C15H29NO2. The molecular weight excluding hydrogens is 226 g/mol. The van der Waals surface area contributed by atoms with Crippen LogP contribution in [0.4, 0.5) is 0 Å². The lowest BCUT2D eigenvalue weighted by molar-refractivity contribution is -0.161. The van der Waals surface area contributed by atoms with Crippen molar-refractivity contribution in [1.29, 1.82) is 0 Å². The topological polar surface area (TPSA) is 52.3 Å². The molecule has 0 fully saturated rings. The first-order chi connectivity index (χ1) is 8.19. The summed E-state index contributed by atoms with van der Waals surface area (Å²) in [6.07, 6.45) is 8.07. The number of allylic oxidation sites excluding steroid dienone is 1. The number of esters is 1. The third kappa shape index (κ3) is 8.29. The first-order valence-corrected chi connectivity index (χ1v) is 6.82. The van der Waals surface area contributed by atoms with E-state index in [0.717, 1.165) is 32.1 Å². The summed E-state index contributed by atoms with van der Waals surface area (Å²) in [5, 5.41) is 0. The van der Waals surface area contributed by atoms with E-state index in [1.807, 2.05) is 26.8 Å². The van der Waals surface area contributed by atoms with E-state index in [0.29, 0.717) is 6.42 Å². The van der Waals surface area contributed by atoms with Crippen LogP contribution < -0.4 is 5.73 Å². The Morgan fingerprint density at radius 3 is 2.22 bits per heavy atom. The minimum atomic E-state index is -0.869. The van der Waals surface area contributed by atoms with Gasteiger partial charge in [0.2, 0.25) is 0 Å². The average Bonchev–Trinajstić information content (AvgIpc) is 2.20. The molecule has 0 amide bonds. The van der Waals surface area contributed by atoms with Crippen molar-refractivity contribution in [1.82, 2.24) is 0 Å². The van der Waals surface area contributed by atoms with Gasteiger partial charge in [-0.25, -0.2) is 0 Å². The number of unbranched alkanes of at least 4 members (excludes halogenated alkanes) is 4. The smallest absolute Gasteiger partial charge is 0.326 e. The number of ether oxygens (including phenoxy) is 1. The molecule has 0 unspecified atom stereocenters. The molecule has 0 aromatic carbocycles. The number of hydrogen-bond acceptors (Lipinski definition) is 3. The minimum Gasteiger partial charge on any atom is -0.459 e. The van der Waals surface area contributed by atoms with Crippen molar-refractivity contribution in [3.63, 3.8) is 0 Å². The Bertz CT molecular complexity index is 264. The molecule has 0 aromatic rings. The molecule has 0 rings (SSSR count). The molecule has 1 atom stereocenters. The third-order valence-electron chi connectivity index (χ3n) is 2.72. The van der Waals surface area contributed by atoms with Crippen molar-refractivity contribution in [3.8, 4) is 0 Å². The number of carbonyl (C=O) groups is 1. The van der Waals surface area contributed by atoms with Crippen LogP contribution in [0.2, 0.25) is 0 Å². The van der Waals surface area contributed by atoms with Crippen LogP contribution in [0, 0.1) is 0 Å². The molecule has 0 radical (unpaired) electrons. The zero-order chi connectivity index (χ0) is 14.2. The normalized spacial score (nSPS) is 14.9. The summed E-state index contributed by atoms with van der Waals surface area (Å²) < 4.78 is 5.32. The van der Waals surface area contributed by atoms with E-state index in [2.05, 4.69) is 6.58 Å². The highest BCUT2D eigenvalue weighted by Crippen LogP contribution is 2.18. The molecule has 0 spiro atoms. The molecule has 0 saturated heterocycles. The Balaban J connectivity index is 3.92. The Morgan fingerprint density at radius 2 is 1.72 bits per heavy atom. The molecule has 0 aliphatic carbocycles. The van der Waals surface area contributed by atoms with Crippen molar-refractivity contribution >= 4 is 5.97 Å². The zero-order valence-corrected chi connectivity index (χ0v) is 12.4. The molecule has 0 aromatic heterocycles. The number of rotatable bonds is 8. The van der Waals surface area contributed by atoms with Gasteiger partial charge in [0.05, 0.1) is 0 Å². The fourth-order valence-corrected chi connectivity index (χ4v) is 1.63. The Morgan fingerprint density at radius 1 is 1.17 bits per heavy atom. The second kappa shape index (κ2) is 7.57. The van der Waals surface area contributed by atoms with Gasteiger partial charge in [-0.3, -0.25) is 4.79 Å². The van der Waals surface area contributed by atoms with Gasteiger partial charge >= 0.3 is 5.97 Å². The molecule has 3 heteroatoms. The van der Waals surface area contributed by atoms with Crippen LogP contribution in [0.5, 0.6) is 0 Å². The monoisotopic (exact) mass is 255 g/mol. The first kappa shape index (κ1) is 17.2. The minimum absolute atomic E-state index is 0.305. The average molecular weight is 255 g/mol. The SMILES string of the molecule is C=CCCCCCC[C@@](C)(N)C(=O)OC(C)(C)C. The first-order valence-electron chi connectivity index (χ1n) is 6.82. The molecule has 2 N–H and O–H groups in total. The summed E-state index contributed by atoms with van der Waals surface area (Å²) >= 11 is 0. The van der Waals surface area contributed by atoms with Crippen molar-refractivity contribution in [2.24, 2.45) is 5.73 Å². The Kier molecular flexibility index (Phi) is 7.22. The quantitative estimate of drug-likeness (QED) is 0.410. The van der Waals surface area contributed by atoms with Gasteiger partial charge in [0.1, 0.15) is 11.1 Å². The van der Waals surface area contributed by atoms with Crippen LogP contribution >= 0.6 is 0 Å². The van der Waals surface area contributed by atoms with E-state index >= 15 is 0 Å². The van der Waals surface area contributed by atoms with E-state index in [9.17, 15) is 4.79 Å². The van der Waals surface area contributed by atoms with Gasteiger partial charge in [-0.1, -0.05) is 25.3 Å². The molecule has 0 aliphatic rings. The predicted octanol–water partition coefficient (Wildman–Crippen LogP) is 3.57. The molecule has 0 bridgehead atoms. The van der Waals surface area contributed by atoms with Crippen molar-refractivity contribution in [2.45, 2.75) is 77.4 Å². The summed E-state index contributed by atoms with van der Waals surface area (Å²) in [7, 11) is 0. The van der Waals surface area contributed by atoms with Crippen LogP contribution in [0.15, 0.2) is 12.7 Å². The highest BCUT2D eigenvalue weighted by atomic mass is 16.6. The highest BCUT2D eigenvalue weighted by molar-refractivity contribution is 5.80. The van der Waals surface area contributed by atoms with Crippen molar-refractivity contribution < 1.29 is 9.53 Å². The van der Waals surface area contributed by atoms with Gasteiger partial charge in [-0.2, -0.15) is 0 Å². The van der Waals surface area contributed by atoms with Crippen LogP contribution in [0.1, 0.15) is 66.2 Å². The fraction of sp³-hybridized carbons (Fsp3) is 0.800. The summed E-state index contributed by atoms with van der Waals surface area (Å²) in [5.74, 6) is -0.305. The van der Waals surface area contributed by atoms with E-state index in [1.165, 1.54) is 0 Å². The maximum absolute atomic E-state index is 11.9. The molecule has 106 valence electrons. The molecule has 3 nitrogen and oxygen atoms in total. The second-order valence-electron chi connectivity index (χ2n) is 6.16. The van der Waals surface area contributed by atoms with Gasteiger partial charge in [0.25, 0.3) is 0 Å². The van der Waals surface area contributed by atoms with Gasteiger partial charge < -0.3 is 10.5 Å². The van der Waals surface area contributed by atoms with Crippen molar-refractivity contribution in [3.05, 3.63) is 12.7 Å². The standard InChI is InChI=1S/C15H29NO2/c1-6-7-8-9-10-11-12-15(5,16)13(17)18-14(2,3)4/h6H,1,7-12,16H2,2-5H3/t15-/m1/s1. The van der Waals surface area contributed by atoms with Gasteiger partial charge in [-0.05, 0) is 47.0 Å². The summed E-state index contributed by atoms with van der Waals surface area (Å²) in [6.45, 7) is 11.0. The van der Waals surface area contributed by atoms with Crippen LogP contribution in [0.3, 0.4) is 0 Å². The lowest BCUT2D eigenvalue weighted by Gasteiger charge is -2.28. The Labute approximate surface area is 112 Å². The van der Waals surface area contributed by atoms with Crippen LogP contribution in [-0.2, 0) is 9.53 Å². The maximum Gasteiger partial charge on any atom is 0.326 e. The van der Waals surface area contributed by atoms with E-state index < -0.39 is 11.1 Å². The van der Waals surface area contributed by atoms with Crippen molar-refractivity contribution in [2.75, 3.05) is 0 Å². The largest absolute Gasteiger partial charge is 0.459 e. The van der Waals surface area contributed by atoms with E-state index in [1.54, 1.807) is 6.92 Å². The summed E-state index contributed by atoms with van der Waals surface area (Å²) in [6, 6.07) is 0. The Hall–Kier alpha value is -0.830. The number of carbonyl (C=O) groups excluding carboxylic acids is 1. The van der Waals surface area contributed by atoms with Crippen LogP contribution in [0.25, 0.3) is 0 Å². The lowest BCUT2D eigenvalue weighted by Crippen LogP contribution is -2.48. The molecule has 0 heterocycles. The molecule has 0 saturated carbocycles. The lowest BCUT2D eigenvalue weighted by atomic mass is 9.95. The van der Waals surface area contributed by atoms with Crippen LogP contribution in [-0.4, -0.2) is 17.1 Å². The van der Waals surface area contributed by atoms with Gasteiger partial charge in [-0.15, -0.1) is 6.58 Å². The summed E-state index contributed by atoms with van der Waals surface area (Å²) in [4.78, 5) is 11.9. The highest BCUT2D eigenvalue weighted by Gasteiger charge is 2.32. The summed E-state index contributed by atoms with van der Waals surface area (Å²) in [5.41, 5.74) is 4.68. The second-order valence-corrected chi connectivity index (χ2v) is 6.16.